The van der Waals surface area contributed by atoms with Crippen LogP contribution in [0.4, 0.5) is 0 Å². The first-order valence-electron chi connectivity index (χ1n) is 6.75. The van der Waals surface area contributed by atoms with Crippen molar-refractivity contribution >= 4 is 11.9 Å². The molecule has 0 bridgehead atoms. The fourth-order valence-electron chi connectivity index (χ4n) is 2.16. The average Bonchev–Trinajstić information content (AvgIpc) is 2.47. The molecule has 21 heavy (non-hydrogen) atoms. The number of rotatable bonds is 6. The molecule has 2 rings (SSSR count). The minimum atomic E-state index is -1.03. The van der Waals surface area contributed by atoms with Gasteiger partial charge in [0.1, 0.15) is 6.61 Å². The SMILES string of the molecule is O=C(O)CO[C@@H]1CCOC[C@@H]1NC(=O)Cc1ccccn1. The van der Waals surface area contributed by atoms with Crippen molar-refractivity contribution in [2.75, 3.05) is 19.8 Å². The van der Waals surface area contributed by atoms with Gasteiger partial charge < -0.3 is 19.9 Å². The summed E-state index contributed by atoms with van der Waals surface area (Å²) in [7, 11) is 0. The zero-order chi connectivity index (χ0) is 15.1. The number of carbonyl (C=O) groups is 2. The lowest BCUT2D eigenvalue weighted by Gasteiger charge is -2.31. The van der Waals surface area contributed by atoms with Gasteiger partial charge in [-0.1, -0.05) is 6.07 Å². The largest absolute Gasteiger partial charge is 0.480 e. The van der Waals surface area contributed by atoms with E-state index in [4.69, 9.17) is 14.6 Å². The van der Waals surface area contributed by atoms with Gasteiger partial charge in [0.15, 0.2) is 0 Å². The molecule has 1 aliphatic heterocycles. The molecule has 1 aromatic heterocycles. The van der Waals surface area contributed by atoms with Crippen molar-refractivity contribution in [2.45, 2.75) is 25.0 Å². The summed E-state index contributed by atoms with van der Waals surface area (Å²) in [6.45, 7) is 0.437. The number of aliphatic carboxylic acids is 1. The van der Waals surface area contributed by atoms with Gasteiger partial charge in [-0.25, -0.2) is 4.79 Å². The number of pyridine rings is 1. The van der Waals surface area contributed by atoms with Crippen LogP contribution in [0.3, 0.4) is 0 Å². The molecular formula is C14H18N2O5. The molecule has 2 heterocycles. The molecule has 0 saturated carbocycles. The third-order valence-corrected chi connectivity index (χ3v) is 3.13. The van der Waals surface area contributed by atoms with Gasteiger partial charge in [-0.05, 0) is 18.6 Å². The fraction of sp³-hybridized carbons (Fsp3) is 0.500. The highest BCUT2D eigenvalue weighted by molar-refractivity contribution is 5.78. The lowest BCUT2D eigenvalue weighted by atomic mass is 10.1. The predicted molar refractivity (Wildman–Crippen MR) is 72.7 cm³/mol. The van der Waals surface area contributed by atoms with Gasteiger partial charge in [0.05, 0.1) is 25.2 Å². The van der Waals surface area contributed by atoms with Crippen LogP contribution in [0.25, 0.3) is 0 Å². The molecule has 0 spiro atoms. The molecule has 2 atom stereocenters. The second-order valence-corrected chi connectivity index (χ2v) is 4.78. The molecule has 7 nitrogen and oxygen atoms in total. The van der Waals surface area contributed by atoms with E-state index in [2.05, 4.69) is 10.3 Å². The summed E-state index contributed by atoms with van der Waals surface area (Å²) in [4.78, 5) is 26.6. The van der Waals surface area contributed by atoms with E-state index in [1.807, 2.05) is 6.07 Å². The molecule has 0 aliphatic carbocycles. The van der Waals surface area contributed by atoms with Crippen LogP contribution in [0.5, 0.6) is 0 Å². The maximum Gasteiger partial charge on any atom is 0.329 e. The number of carbonyl (C=O) groups excluding carboxylic acids is 1. The van der Waals surface area contributed by atoms with Gasteiger partial charge >= 0.3 is 5.97 Å². The van der Waals surface area contributed by atoms with Crippen molar-refractivity contribution < 1.29 is 24.2 Å². The van der Waals surface area contributed by atoms with Crippen LogP contribution in [0.1, 0.15) is 12.1 Å². The van der Waals surface area contributed by atoms with Gasteiger partial charge in [-0.2, -0.15) is 0 Å². The molecule has 114 valence electrons. The number of amides is 1. The van der Waals surface area contributed by atoms with E-state index < -0.39 is 5.97 Å². The van der Waals surface area contributed by atoms with Crippen molar-refractivity contribution in [3.8, 4) is 0 Å². The van der Waals surface area contributed by atoms with Crippen LogP contribution in [-0.2, 0) is 25.5 Å². The molecule has 7 heteroatoms. The zero-order valence-corrected chi connectivity index (χ0v) is 11.5. The summed E-state index contributed by atoms with van der Waals surface area (Å²) < 4.78 is 10.6. The van der Waals surface area contributed by atoms with E-state index in [0.29, 0.717) is 25.3 Å². The summed E-state index contributed by atoms with van der Waals surface area (Å²) >= 11 is 0. The van der Waals surface area contributed by atoms with Gasteiger partial charge in [-0.15, -0.1) is 0 Å². The third-order valence-electron chi connectivity index (χ3n) is 3.13. The van der Waals surface area contributed by atoms with Crippen molar-refractivity contribution in [1.82, 2.24) is 10.3 Å². The zero-order valence-electron chi connectivity index (χ0n) is 11.5. The lowest BCUT2D eigenvalue weighted by molar-refractivity contribution is -0.148. The number of aromatic nitrogens is 1. The molecule has 1 aliphatic rings. The van der Waals surface area contributed by atoms with Crippen LogP contribution in [0, 0.1) is 0 Å². The Balaban J connectivity index is 1.86. The number of hydrogen-bond donors (Lipinski definition) is 2. The molecule has 1 aromatic rings. The second kappa shape index (κ2) is 7.70. The predicted octanol–water partition coefficient (Wildman–Crippen LogP) is -0.001000. The number of carboxylic acid groups (broad SMARTS) is 1. The Kier molecular flexibility index (Phi) is 5.65. The van der Waals surface area contributed by atoms with Crippen LogP contribution in [0.15, 0.2) is 24.4 Å². The number of nitrogens with zero attached hydrogens (tertiary/aromatic N) is 1. The summed E-state index contributed by atoms with van der Waals surface area (Å²) in [5, 5.41) is 11.5. The van der Waals surface area contributed by atoms with Gasteiger partial charge in [-0.3, -0.25) is 9.78 Å². The van der Waals surface area contributed by atoms with E-state index >= 15 is 0 Å². The monoisotopic (exact) mass is 294 g/mol. The molecule has 2 N–H and O–H groups in total. The minimum Gasteiger partial charge on any atom is -0.480 e. The Hall–Kier alpha value is -1.99. The van der Waals surface area contributed by atoms with E-state index in [1.54, 1.807) is 18.3 Å². The normalized spacial score (nSPS) is 21.7. The van der Waals surface area contributed by atoms with Crippen LogP contribution in [0.2, 0.25) is 0 Å². The Morgan fingerprint density at radius 3 is 3.05 bits per heavy atom. The highest BCUT2D eigenvalue weighted by atomic mass is 16.5. The number of ether oxygens (including phenoxy) is 2. The molecule has 0 aromatic carbocycles. The summed E-state index contributed by atoms with van der Waals surface area (Å²) in [5.74, 6) is -1.21. The van der Waals surface area contributed by atoms with E-state index in [1.165, 1.54) is 0 Å². The molecular weight excluding hydrogens is 276 g/mol. The van der Waals surface area contributed by atoms with Crippen LogP contribution in [-0.4, -0.2) is 53.9 Å². The summed E-state index contributed by atoms with van der Waals surface area (Å²) in [5.41, 5.74) is 0.676. The molecule has 1 fully saturated rings. The smallest absolute Gasteiger partial charge is 0.329 e. The first-order valence-corrected chi connectivity index (χ1v) is 6.75. The number of nitrogens with one attached hydrogen (secondary N) is 1. The van der Waals surface area contributed by atoms with Crippen molar-refractivity contribution in [1.29, 1.82) is 0 Å². The first-order chi connectivity index (χ1) is 10.1. The lowest BCUT2D eigenvalue weighted by Crippen LogP contribution is -2.51. The summed E-state index contributed by atoms with van der Waals surface area (Å²) in [6.07, 6.45) is 2.01. The molecule has 1 amide bonds. The van der Waals surface area contributed by atoms with Crippen LogP contribution < -0.4 is 5.32 Å². The Bertz CT molecular complexity index is 480. The average molecular weight is 294 g/mol. The van der Waals surface area contributed by atoms with Gasteiger partial charge in [0.25, 0.3) is 0 Å². The maximum atomic E-state index is 12.0. The van der Waals surface area contributed by atoms with E-state index in [9.17, 15) is 9.59 Å². The number of carboxylic acids is 1. The Morgan fingerprint density at radius 2 is 2.33 bits per heavy atom. The fourth-order valence-corrected chi connectivity index (χ4v) is 2.16. The molecule has 0 unspecified atom stereocenters. The third kappa shape index (κ3) is 5.13. The second-order valence-electron chi connectivity index (χ2n) is 4.78. The van der Waals surface area contributed by atoms with Gasteiger partial charge in [0, 0.05) is 18.5 Å². The topological polar surface area (TPSA) is 97.8 Å². The Morgan fingerprint density at radius 1 is 1.48 bits per heavy atom. The van der Waals surface area contributed by atoms with E-state index in [-0.39, 0.29) is 31.1 Å². The Labute approximate surface area is 122 Å². The van der Waals surface area contributed by atoms with Crippen molar-refractivity contribution in [3.05, 3.63) is 30.1 Å². The first kappa shape index (κ1) is 15.4. The molecule has 0 radical (unpaired) electrons. The highest BCUT2D eigenvalue weighted by Gasteiger charge is 2.28. The van der Waals surface area contributed by atoms with Crippen LogP contribution >= 0.6 is 0 Å². The minimum absolute atomic E-state index is 0.170. The standard InChI is InChI=1S/C14H18N2O5/c17-13(7-10-3-1-2-5-15-10)16-11-8-20-6-4-12(11)21-9-14(18)19/h1-3,5,11-12H,4,6-9H2,(H,16,17)(H,18,19)/t11-,12+/m0/s1. The maximum absolute atomic E-state index is 12.0. The van der Waals surface area contributed by atoms with Gasteiger partial charge in [0.2, 0.25) is 5.91 Å². The number of hydrogen-bond acceptors (Lipinski definition) is 5. The van der Waals surface area contributed by atoms with Crippen molar-refractivity contribution in [3.63, 3.8) is 0 Å². The highest BCUT2D eigenvalue weighted by Crippen LogP contribution is 2.12. The van der Waals surface area contributed by atoms with E-state index in [0.717, 1.165) is 0 Å². The summed E-state index contributed by atoms with van der Waals surface area (Å²) in [6, 6.07) is 5.04. The quantitative estimate of drug-likeness (QED) is 0.766. The molecule has 1 saturated heterocycles. The van der Waals surface area contributed by atoms with Crippen molar-refractivity contribution in [2.24, 2.45) is 0 Å².